The van der Waals surface area contributed by atoms with E-state index >= 15 is 0 Å². The van der Waals surface area contributed by atoms with E-state index in [0.717, 1.165) is 10.0 Å². The highest BCUT2D eigenvalue weighted by Gasteiger charge is 2.13. The number of anilines is 1. The van der Waals surface area contributed by atoms with Crippen molar-refractivity contribution in [1.29, 1.82) is 0 Å². The minimum Gasteiger partial charge on any atom is -0.399 e. The van der Waals surface area contributed by atoms with Crippen molar-refractivity contribution >= 4 is 27.4 Å². The van der Waals surface area contributed by atoms with Crippen molar-refractivity contribution in [3.8, 4) is 0 Å². The van der Waals surface area contributed by atoms with Gasteiger partial charge in [0.15, 0.2) is 5.78 Å². The van der Waals surface area contributed by atoms with Crippen LogP contribution in [-0.2, 0) is 0 Å². The first kappa shape index (κ1) is 11.9. The van der Waals surface area contributed by atoms with E-state index in [1.807, 2.05) is 37.3 Å². The first-order valence-electron chi connectivity index (χ1n) is 5.25. The third-order valence-corrected chi connectivity index (χ3v) is 3.31. The van der Waals surface area contributed by atoms with Crippen LogP contribution >= 0.6 is 15.9 Å². The minimum atomic E-state index is 0.00924. The number of benzene rings is 2. The Morgan fingerprint density at radius 2 is 1.82 bits per heavy atom. The minimum absolute atomic E-state index is 0.00924. The first-order valence-corrected chi connectivity index (χ1v) is 6.04. The molecule has 2 N–H and O–H groups in total. The number of halogens is 1. The molecular weight excluding hydrogens is 278 g/mol. The molecule has 0 aliphatic heterocycles. The van der Waals surface area contributed by atoms with Gasteiger partial charge >= 0.3 is 0 Å². The summed E-state index contributed by atoms with van der Waals surface area (Å²) in [6, 6.07) is 12.7. The third-order valence-electron chi connectivity index (χ3n) is 2.61. The summed E-state index contributed by atoms with van der Waals surface area (Å²) in [5, 5.41) is 0. The number of aryl methyl sites for hydroxylation is 1. The fourth-order valence-electron chi connectivity index (χ4n) is 1.73. The zero-order chi connectivity index (χ0) is 12.4. The fraction of sp³-hybridized carbons (Fsp3) is 0.0714. The number of carbonyl (C=O) groups excluding carboxylic acids is 1. The lowest BCUT2D eigenvalue weighted by atomic mass is 9.99. The van der Waals surface area contributed by atoms with Crippen LogP contribution in [-0.4, -0.2) is 5.78 Å². The van der Waals surface area contributed by atoms with Gasteiger partial charge in [-0.3, -0.25) is 4.79 Å². The van der Waals surface area contributed by atoms with Crippen molar-refractivity contribution in [3.63, 3.8) is 0 Å². The Kier molecular flexibility index (Phi) is 3.29. The van der Waals surface area contributed by atoms with E-state index in [1.165, 1.54) is 0 Å². The second-order valence-electron chi connectivity index (χ2n) is 3.88. The molecule has 0 bridgehead atoms. The van der Waals surface area contributed by atoms with Crippen LogP contribution < -0.4 is 5.73 Å². The Morgan fingerprint density at radius 1 is 1.12 bits per heavy atom. The van der Waals surface area contributed by atoms with Crippen molar-refractivity contribution in [3.05, 3.63) is 63.6 Å². The first-order chi connectivity index (χ1) is 8.09. The summed E-state index contributed by atoms with van der Waals surface area (Å²) in [6.45, 7) is 1.89. The molecule has 0 unspecified atom stereocenters. The molecule has 2 nitrogen and oxygen atoms in total. The van der Waals surface area contributed by atoms with Gasteiger partial charge in [0.1, 0.15) is 0 Å². The molecule has 3 heteroatoms. The standard InChI is InChI=1S/C14H12BrNO/c1-9-8-10(16)6-7-11(9)14(17)12-4-2-3-5-13(12)15/h2-8H,16H2,1H3. The second kappa shape index (κ2) is 4.72. The van der Waals surface area contributed by atoms with Crippen LogP contribution in [0.4, 0.5) is 5.69 Å². The summed E-state index contributed by atoms with van der Waals surface area (Å²) in [5.74, 6) is 0.00924. The topological polar surface area (TPSA) is 43.1 Å². The molecule has 0 aromatic heterocycles. The molecule has 2 rings (SSSR count). The van der Waals surface area contributed by atoms with Crippen molar-refractivity contribution in [2.24, 2.45) is 0 Å². The number of nitrogens with two attached hydrogens (primary N) is 1. The van der Waals surface area contributed by atoms with E-state index in [0.29, 0.717) is 16.8 Å². The van der Waals surface area contributed by atoms with Crippen LogP contribution in [0.15, 0.2) is 46.9 Å². The highest BCUT2D eigenvalue weighted by Crippen LogP contribution is 2.22. The van der Waals surface area contributed by atoms with Gasteiger partial charge in [-0.1, -0.05) is 28.1 Å². The molecular formula is C14H12BrNO. The summed E-state index contributed by atoms with van der Waals surface area (Å²) in [6.07, 6.45) is 0. The maximum Gasteiger partial charge on any atom is 0.194 e. The van der Waals surface area contributed by atoms with Crippen LogP contribution in [0.2, 0.25) is 0 Å². The van der Waals surface area contributed by atoms with Gasteiger partial charge in [0.05, 0.1) is 0 Å². The van der Waals surface area contributed by atoms with Gasteiger partial charge in [0.2, 0.25) is 0 Å². The zero-order valence-electron chi connectivity index (χ0n) is 9.41. The van der Waals surface area contributed by atoms with Crippen LogP contribution in [0.5, 0.6) is 0 Å². The number of carbonyl (C=O) groups is 1. The highest BCUT2D eigenvalue weighted by atomic mass is 79.9. The van der Waals surface area contributed by atoms with Gasteiger partial charge in [-0.25, -0.2) is 0 Å². The summed E-state index contributed by atoms with van der Waals surface area (Å²) in [7, 11) is 0. The molecule has 0 radical (unpaired) electrons. The van der Waals surface area contributed by atoms with Crippen molar-refractivity contribution in [1.82, 2.24) is 0 Å². The predicted octanol–water partition coefficient (Wildman–Crippen LogP) is 3.57. The van der Waals surface area contributed by atoms with Crippen LogP contribution in [0.25, 0.3) is 0 Å². The van der Waals surface area contributed by atoms with Crippen molar-refractivity contribution in [2.75, 3.05) is 5.73 Å². The van der Waals surface area contributed by atoms with E-state index in [4.69, 9.17) is 5.73 Å². The normalized spacial score (nSPS) is 10.2. The average molecular weight is 290 g/mol. The molecule has 2 aromatic carbocycles. The van der Waals surface area contributed by atoms with Crippen LogP contribution in [0.1, 0.15) is 21.5 Å². The van der Waals surface area contributed by atoms with E-state index in [-0.39, 0.29) is 5.78 Å². The summed E-state index contributed by atoms with van der Waals surface area (Å²) in [5.41, 5.74) is 8.60. The Balaban J connectivity index is 2.48. The fourth-order valence-corrected chi connectivity index (χ4v) is 2.20. The molecule has 17 heavy (non-hydrogen) atoms. The van der Waals surface area contributed by atoms with E-state index in [9.17, 15) is 4.79 Å². The Bertz CT molecular complexity index is 578. The number of hydrogen-bond donors (Lipinski definition) is 1. The monoisotopic (exact) mass is 289 g/mol. The van der Waals surface area contributed by atoms with Gasteiger partial charge in [-0.15, -0.1) is 0 Å². The number of ketones is 1. The van der Waals surface area contributed by atoms with E-state index in [1.54, 1.807) is 12.1 Å². The molecule has 0 fully saturated rings. The van der Waals surface area contributed by atoms with Crippen LogP contribution in [0, 0.1) is 6.92 Å². The van der Waals surface area contributed by atoms with Crippen molar-refractivity contribution in [2.45, 2.75) is 6.92 Å². The number of hydrogen-bond acceptors (Lipinski definition) is 2. The van der Waals surface area contributed by atoms with E-state index in [2.05, 4.69) is 15.9 Å². The molecule has 0 aliphatic rings. The van der Waals surface area contributed by atoms with Crippen molar-refractivity contribution < 1.29 is 4.79 Å². The second-order valence-corrected chi connectivity index (χ2v) is 4.74. The number of nitrogen functional groups attached to an aromatic ring is 1. The third kappa shape index (κ3) is 2.39. The molecule has 0 atom stereocenters. The number of rotatable bonds is 2. The molecule has 0 saturated carbocycles. The van der Waals surface area contributed by atoms with Gasteiger partial charge in [0.25, 0.3) is 0 Å². The molecule has 0 spiro atoms. The molecule has 0 amide bonds. The smallest absolute Gasteiger partial charge is 0.194 e. The Morgan fingerprint density at radius 3 is 2.47 bits per heavy atom. The SMILES string of the molecule is Cc1cc(N)ccc1C(=O)c1ccccc1Br. The summed E-state index contributed by atoms with van der Waals surface area (Å²) < 4.78 is 0.807. The van der Waals surface area contributed by atoms with E-state index < -0.39 is 0 Å². The van der Waals surface area contributed by atoms with Gasteiger partial charge in [0, 0.05) is 21.3 Å². The van der Waals surface area contributed by atoms with Crippen LogP contribution in [0.3, 0.4) is 0 Å². The summed E-state index contributed by atoms with van der Waals surface area (Å²) in [4.78, 5) is 12.3. The molecule has 2 aromatic rings. The van der Waals surface area contributed by atoms with Gasteiger partial charge < -0.3 is 5.73 Å². The quantitative estimate of drug-likeness (QED) is 0.678. The molecule has 0 saturated heterocycles. The Hall–Kier alpha value is -1.61. The lowest BCUT2D eigenvalue weighted by molar-refractivity contribution is 0.103. The lowest BCUT2D eigenvalue weighted by Gasteiger charge is -2.07. The average Bonchev–Trinajstić information content (AvgIpc) is 2.29. The zero-order valence-corrected chi connectivity index (χ0v) is 11.0. The van der Waals surface area contributed by atoms with Gasteiger partial charge in [-0.05, 0) is 42.8 Å². The highest BCUT2D eigenvalue weighted by molar-refractivity contribution is 9.10. The predicted molar refractivity (Wildman–Crippen MR) is 73.2 cm³/mol. The largest absolute Gasteiger partial charge is 0.399 e. The Labute approximate surface area is 109 Å². The summed E-state index contributed by atoms with van der Waals surface area (Å²) >= 11 is 3.39. The molecule has 86 valence electrons. The van der Waals surface area contributed by atoms with Gasteiger partial charge in [-0.2, -0.15) is 0 Å². The molecule has 0 aliphatic carbocycles. The maximum atomic E-state index is 12.3. The maximum absolute atomic E-state index is 12.3. The lowest BCUT2D eigenvalue weighted by Crippen LogP contribution is -2.05. The molecule has 0 heterocycles.